The number of hydrogen-bond acceptors (Lipinski definition) is 5. The molecule has 0 spiro atoms. The summed E-state index contributed by atoms with van der Waals surface area (Å²) in [4.78, 5) is 26.3. The quantitative estimate of drug-likeness (QED) is 0.288. The van der Waals surface area contributed by atoms with Gasteiger partial charge in [-0.3, -0.25) is 14.3 Å². The van der Waals surface area contributed by atoms with Crippen LogP contribution in [0, 0.1) is 5.82 Å². The Balaban J connectivity index is 2.51. The van der Waals surface area contributed by atoms with Gasteiger partial charge in [0.05, 0.1) is 18.9 Å². The molecule has 10 heteroatoms. The van der Waals surface area contributed by atoms with Crippen LogP contribution in [0.4, 0.5) is 4.39 Å². The molecule has 1 aliphatic rings. The molecule has 1 saturated heterocycles. The fourth-order valence-electron chi connectivity index (χ4n) is 7.22. The summed E-state index contributed by atoms with van der Waals surface area (Å²) in [6, 6.07) is 0. The Labute approximate surface area is 224 Å². The topological polar surface area (TPSA) is 82.5 Å². The monoisotopic (exact) mass is 558 g/mol. The van der Waals surface area contributed by atoms with E-state index in [1.807, 2.05) is 0 Å². The lowest BCUT2D eigenvalue weighted by atomic mass is 10.2. The number of aromatic nitrogens is 2. The van der Waals surface area contributed by atoms with Gasteiger partial charge in [-0.25, -0.2) is 4.79 Å². The Hall–Kier alpha value is -1.08. The van der Waals surface area contributed by atoms with Gasteiger partial charge in [-0.1, -0.05) is 83.1 Å². The molecule has 0 aliphatic carbocycles. The minimum absolute atomic E-state index is 0.302. The Morgan fingerprint density at radius 1 is 0.892 bits per heavy atom. The molecule has 0 radical (unpaired) electrons. The van der Waals surface area contributed by atoms with Crippen molar-refractivity contribution >= 4 is 16.6 Å². The van der Waals surface area contributed by atoms with Crippen LogP contribution in [-0.4, -0.2) is 45.0 Å². The van der Waals surface area contributed by atoms with Gasteiger partial charge in [-0.2, -0.15) is 4.39 Å². The van der Waals surface area contributed by atoms with Crippen LogP contribution < -0.4 is 11.2 Å². The van der Waals surface area contributed by atoms with E-state index in [2.05, 4.69) is 88.1 Å². The van der Waals surface area contributed by atoms with Crippen LogP contribution in [0.25, 0.3) is 0 Å². The lowest BCUT2D eigenvalue weighted by Gasteiger charge is -2.45. The second kappa shape index (κ2) is 12.4. The van der Waals surface area contributed by atoms with Crippen molar-refractivity contribution in [2.45, 2.75) is 141 Å². The molecule has 37 heavy (non-hydrogen) atoms. The van der Waals surface area contributed by atoms with Crippen molar-refractivity contribution in [3.8, 4) is 0 Å². The fraction of sp³-hybridized carbons (Fsp3) is 0.852. The van der Waals surface area contributed by atoms with Crippen molar-refractivity contribution in [1.82, 2.24) is 9.55 Å². The Bertz CT molecular complexity index is 962. The lowest BCUT2D eigenvalue weighted by Crippen LogP contribution is -2.53. The molecule has 0 unspecified atom stereocenters. The number of nitrogens with one attached hydrogen (secondary N) is 1. The molecular weight excluding hydrogens is 507 g/mol. The number of H-pyrrole nitrogens is 1. The first-order valence-corrected chi connectivity index (χ1v) is 18.3. The van der Waals surface area contributed by atoms with Crippen LogP contribution in [-0.2, 0) is 13.6 Å². The van der Waals surface area contributed by atoms with Crippen molar-refractivity contribution in [1.29, 1.82) is 0 Å². The van der Waals surface area contributed by atoms with Crippen LogP contribution in [0.1, 0.15) is 95.7 Å². The van der Waals surface area contributed by atoms with E-state index in [-0.39, 0.29) is 6.10 Å². The first-order chi connectivity index (χ1) is 17.0. The van der Waals surface area contributed by atoms with E-state index in [0.29, 0.717) is 46.3 Å². The van der Waals surface area contributed by atoms with E-state index in [4.69, 9.17) is 13.6 Å². The van der Waals surface area contributed by atoms with Crippen molar-refractivity contribution in [2.24, 2.45) is 0 Å². The summed E-state index contributed by atoms with van der Waals surface area (Å²) in [5.74, 6) is -1.01. The van der Waals surface area contributed by atoms with Gasteiger partial charge >= 0.3 is 5.69 Å². The van der Waals surface area contributed by atoms with Gasteiger partial charge in [0.2, 0.25) is 14.1 Å². The average Bonchev–Trinajstić information content (AvgIpc) is 3.15. The molecular formula is C27H51FN2O5Si2. The predicted octanol–water partition coefficient (Wildman–Crippen LogP) is 6.72. The molecule has 3 atom stereocenters. The largest absolute Gasteiger partial charge is 0.413 e. The SMILES string of the molecule is CC(C)[Si](OC[C@H]1O[C@@H](n2cc(F)c(=O)[nH]c2=O)C[C@@H]1O[Si](C(C)C)(C(C)C)C(C)C)(C(C)C)C(C)C. The van der Waals surface area contributed by atoms with Gasteiger partial charge in [0.1, 0.15) is 12.3 Å². The van der Waals surface area contributed by atoms with Gasteiger partial charge in [-0.15, -0.1) is 0 Å². The standard InChI is InChI=1S/C27H51FN2O5Si2/c1-16(2)36(17(3)4,18(5)6)33-15-24-23(35-37(19(7)8,20(9)10)21(11)12)13-25(34-24)30-14-22(28)26(31)29-27(30)32/h14,16-21,23-25H,13,15H2,1-12H3,(H,29,31,32)/t23-,24+,25+/m0/s1. The molecule has 0 saturated carbocycles. The summed E-state index contributed by atoms with van der Waals surface area (Å²) in [6.45, 7) is 27.3. The van der Waals surface area contributed by atoms with Gasteiger partial charge in [-0.05, 0) is 33.2 Å². The van der Waals surface area contributed by atoms with Crippen molar-refractivity contribution in [3.05, 3.63) is 32.9 Å². The normalized spacial score (nSPS) is 21.5. The Kier molecular flexibility index (Phi) is 10.8. The van der Waals surface area contributed by atoms with Crippen LogP contribution in [0.2, 0.25) is 33.2 Å². The third-order valence-corrected chi connectivity index (χ3v) is 20.9. The van der Waals surface area contributed by atoms with Crippen LogP contribution in [0.3, 0.4) is 0 Å². The smallest absolute Gasteiger partial charge is 0.330 e. The summed E-state index contributed by atoms with van der Waals surface area (Å²) in [7, 11) is -4.46. The number of halogens is 1. The highest BCUT2D eigenvalue weighted by atomic mass is 28.4. The average molecular weight is 559 g/mol. The number of ether oxygens (including phenoxy) is 1. The maximum absolute atomic E-state index is 14.2. The number of aromatic amines is 1. The molecule has 214 valence electrons. The van der Waals surface area contributed by atoms with Gasteiger partial charge in [0, 0.05) is 6.42 Å². The zero-order valence-corrected chi connectivity index (χ0v) is 27.1. The minimum atomic E-state index is -2.28. The molecule has 1 aromatic rings. The molecule has 0 bridgehead atoms. The second-order valence-electron chi connectivity index (χ2n) is 12.6. The zero-order valence-electron chi connectivity index (χ0n) is 25.1. The molecule has 2 heterocycles. The van der Waals surface area contributed by atoms with Gasteiger partial charge in [0.15, 0.2) is 8.32 Å². The molecule has 1 aromatic heterocycles. The molecule has 1 N–H and O–H groups in total. The highest BCUT2D eigenvalue weighted by Crippen LogP contribution is 2.47. The van der Waals surface area contributed by atoms with E-state index in [0.717, 1.165) is 10.8 Å². The maximum Gasteiger partial charge on any atom is 0.330 e. The predicted molar refractivity (Wildman–Crippen MR) is 153 cm³/mol. The first kappa shape index (κ1) is 32.1. The van der Waals surface area contributed by atoms with E-state index >= 15 is 0 Å². The second-order valence-corrected chi connectivity index (χ2v) is 23.5. The Morgan fingerprint density at radius 2 is 1.35 bits per heavy atom. The highest BCUT2D eigenvalue weighted by Gasteiger charge is 2.51. The fourth-order valence-corrected chi connectivity index (χ4v) is 18.3. The molecule has 1 fully saturated rings. The summed E-state index contributed by atoms with van der Waals surface area (Å²) < 4.78 is 35.8. The van der Waals surface area contributed by atoms with Crippen LogP contribution in [0.15, 0.2) is 15.8 Å². The molecule has 0 aromatic carbocycles. The minimum Gasteiger partial charge on any atom is -0.413 e. The van der Waals surface area contributed by atoms with E-state index in [1.54, 1.807) is 0 Å². The summed E-state index contributed by atoms with van der Waals surface area (Å²) in [5, 5.41) is 0. The molecule has 2 rings (SSSR count). The lowest BCUT2D eigenvalue weighted by molar-refractivity contribution is -0.0426. The third kappa shape index (κ3) is 6.23. The summed E-state index contributed by atoms with van der Waals surface area (Å²) in [5.41, 5.74) is 0.637. The first-order valence-electron chi connectivity index (χ1n) is 14.0. The number of rotatable bonds is 12. The van der Waals surface area contributed by atoms with Crippen LogP contribution >= 0.6 is 0 Å². The van der Waals surface area contributed by atoms with Crippen LogP contribution in [0.5, 0.6) is 0 Å². The van der Waals surface area contributed by atoms with E-state index in [9.17, 15) is 14.0 Å². The number of nitrogens with zero attached hydrogens (tertiary/aromatic N) is 1. The van der Waals surface area contributed by atoms with Crippen molar-refractivity contribution < 1.29 is 18.0 Å². The summed E-state index contributed by atoms with van der Waals surface area (Å²) in [6.07, 6.45) is -0.120. The number of hydrogen-bond donors (Lipinski definition) is 1. The maximum atomic E-state index is 14.2. The van der Waals surface area contributed by atoms with Crippen molar-refractivity contribution in [2.75, 3.05) is 6.61 Å². The summed E-state index contributed by atoms with van der Waals surface area (Å²) >= 11 is 0. The van der Waals surface area contributed by atoms with Gasteiger partial charge in [0.25, 0.3) is 5.56 Å². The third-order valence-electron chi connectivity index (χ3n) is 8.68. The Morgan fingerprint density at radius 3 is 1.78 bits per heavy atom. The van der Waals surface area contributed by atoms with E-state index in [1.165, 1.54) is 0 Å². The van der Waals surface area contributed by atoms with Crippen molar-refractivity contribution in [3.63, 3.8) is 0 Å². The zero-order chi connectivity index (χ0) is 28.5. The highest BCUT2D eigenvalue weighted by molar-refractivity contribution is 6.78. The van der Waals surface area contributed by atoms with E-state index < -0.39 is 46.0 Å². The van der Waals surface area contributed by atoms with Gasteiger partial charge < -0.3 is 13.6 Å². The molecule has 0 amide bonds. The molecule has 1 aliphatic heterocycles. The molecule has 7 nitrogen and oxygen atoms in total.